The van der Waals surface area contributed by atoms with Crippen molar-refractivity contribution in [2.24, 2.45) is 0 Å². The van der Waals surface area contributed by atoms with Gasteiger partial charge in [0.2, 0.25) is 0 Å². The molecule has 0 saturated heterocycles. The molecule has 133 valence electrons. The van der Waals surface area contributed by atoms with Crippen LogP contribution in [0.25, 0.3) is 33.8 Å². The SMILES string of the molecule is COc1ccc(-c2ccoc2-c2c[c]oc2-c2ccc([N+](=O)[O-])cc2)cc1. The Morgan fingerprint density at radius 2 is 1.63 bits per heavy atom. The lowest BCUT2D eigenvalue weighted by Gasteiger charge is -2.05. The van der Waals surface area contributed by atoms with Crippen molar-refractivity contribution in [3.05, 3.63) is 83.3 Å². The first-order valence-corrected chi connectivity index (χ1v) is 8.14. The molecule has 4 aromatic rings. The smallest absolute Gasteiger partial charge is 0.269 e. The Morgan fingerprint density at radius 1 is 0.926 bits per heavy atom. The van der Waals surface area contributed by atoms with Crippen LogP contribution in [0.2, 0.25) is 0 Å². The Bertz CT molecular complexity index is 1070. The molecule has 2 aromatic heterocycles. The van der Waals surface area contributed by atoms with Crippen molar-refractivity contribution >= 4 is 5.69 Å². The Morgan fingerprint density at radius 3 is 2.30 bits per heavy atom. The van der Waals surface area contributed by atoms with Crippen molar-refractivity contribution < 1.29 is 18.5 Å². The van der Waals surface area contributed by atoms with E-state index in [9.17, 15) is 10.1 Å². The minimum Gasteiger partial charge on any atom is -0.497 e. The van der Waals surface area contributed by atoms with Crippen LogP contribution >= 0.6 is 0 Å². The quantitative estimate of drug-likeness (QED) is 0.342. The van der Waals surface area contributed by atoms with Crippen LogP contribution in [0.5, 0.6) is 5.75 Å². The van der Waals surface area contributed by atoms with Gasteiger partial charge >= 0.3 is 0 Å². The van der Waals surface area contributed by atoms with Gasteiger partial charge in [0, 0.05) is 23.3 Å². The second-order valence-electron chi connectivity index (χ2n) is 5.80. The van der Waals surface area contributed by atoms with E-state index in [4.69, 9.17) is 13.6 Å². The zero-order valence-electron chi connectivity index (χ0n) is 14.3. The number of nitro groups is 1. The van der Waals surface area contributed by atoms with Crippen molar-refractivity contribution in [1.82, 2.24) is 0 Å². The summed E-state index contributed by atoms with van der Waals surface area (Å²) in [6, 6.07) is 17.4. The lowest BCUT2D eigenvalue weighted by Crippen LogP contribution is -1.87. The molecule has 2 aromatic carbocycles. The predicted octanol–water partition coefficient (Wildman–Crippen LogP) is 5.59. The average Bonchev–Trinajstić information content (AvgIpc) is 3.37. The predicted molar refractivity (Wildman–Crippen MR) is 99.3 cm³/mol. The topological polar surface area (TPSA) is 78.7 Å². The van der Waals surface area contributed by atoms with Crippen molar-refractivity contribution in [2.75, 3.05) is 7.11 Å². The zero-order chi connectivity index (χ0) is 18.8. The number of benzene rings is 2. The van der Waals surface area contributed by atoms with E-state index >= 15 is 0 Å². The van der Waals surface area contributed by atoms with Gasteiger partial charge in [-0.25, -0.2) is 0 Å². The number of hydrogen-bond acceptors (Lipinski definition) is 5. The van der Waals surface area contributed by atoms with Gasteiger partial charge in [-0.1, -0.05) is 12.1 Å². The summed E-state index contributed by atoms with van der Waals surface area (Å²) in [5.74, 6) is 1.94. The van der Waals surface area contributed by atoms with E-state index in [0.29, 0.717) is 17.1 Å². The van der Waals surface area contributed by atoms with Gasteiger partial charge in [0.05, 0.1) is 23.9 Å². The van der Waals surface area contributed by atoms with E-state index in [2.05, 4.69) is 6.26 Å². The summed E-state index contributed by atoms with van der Waals surface area (Å²) < 4.78 is 16.5. The molecule has 0 fully saturated rings. The van der Waals surface area contributed by atoms with Gasteiger partial charge in [-0.15, -0.1) is 0 Å². The Kier molecular flexibility index (Phi) is 4.22. The molecule has 0 atom stereocenters. The summed E-state index contributed by atoms with van der Waals surface area (Å²) in [6.07, 6.45) is 4.34. The molecule has 1 radical (unpaired) electrons. The first-order chi connectivity index (χ1) is 13.2. The Balaban J connectivity index is 1.75. The van der Waals surface area contributed by atoms with Gasteiger partial charge in [-0.05, 0) is 42.0 Å². The monoisotopic (exact) mass is 360 g/mol. The Hall–Kier alpha value is -3.80. The highest BCUT2D eigenvalue weighted by Gasteiger charge is 2.19. The highest BCUT2D eigenvalue weighted by atomic mass is 16.6. The fourth-order valence-electron chi connectivity index (χ4n) is 2.90. The maximum Gasteiger partial charge on any atom is 0.269 e. The number of ether oxygens (including phenoxy) is 1. The second-order valence-corrected chi connectivity index (χ2v) is 5.80. The summed E-state index contributed by atoms with van der Waals surface area (Å²) in [7, 11) is 1.62. The minimum atomic E-state index is -0.437. The van der Waals surface area contributed by atoms with Gasteiger partial charge in [0.1, 0.15) is 17.3 Å². The molecule has 0 amide bonds. The van der Waals surface area contributed by atoms with Gasteiger partial charge in [-0.3, -0.25) is 10.1 Å². The van der Waals surface area contributed by atoms with Crippen LogP contribution in [-0.4, -0.2) is 12.0 Å². The van der Waals surface area contributed by atoms with Crippen molar-refractivity contribution in [1.29, 1.82) is 0 Å². The van der Waals surface area contributed by atoms with E-state index in [0.717, 1.165) is 22.4 Å². The largest absolute Gasteiger partial charge is 0.497 e. The number of furan rings is 2. The van der Waals surface area contributed by atoms with Crippen LogP contribution in [-0.2, 0) is 0 Å². The van der Waals surface area contributed by atoms with Crippen molar-refractivity contribution in [3.63, 3.8) is 0 Å². The molecule has 2 heterocycles. The minimum absolute atomic E-state index is 0.0211. The number of nitrogens with zero attached hydrogens (tertiary/aromatic N) is 1. The maximum absolute atomic E-state index is 10.9. The summed E-state index contributed by atoms with van der Waals surface area (Å²) in [6.45, 7) is 0. The molecule has 0 aliphatic rings. The van der Waals surface area contributed by atoms with Crippen LogP contribution in [0.1, 0.15) is 0 Å². The van der Waals surface area contributed by atoms with Gasteiger partial charge < -0.3 is 13.6 Å². The highest BCUT2D eigenvalue weighted by molar-refractivity contribution is 5.86. The number of rotatable bonds is 5. The fourth-order valence-corrected chi connectivity index (χ4v) is 2.90. The third kappa shape index (κ3) is 3.08. The Labute approximate surface area is 154 Å². The van der Waals surface area contributed by atoms with E-state index in [1.807, 2.05) is 30.3 Å². The van der Waals surface area contributed by atoms with E-state index in [-0.39, 0.29) is 5.69 Å². The summed E-state index contributed by atoms with van der Waals surface area (Å²) in [4.78, 5) is 10.4. The molecule has 0 N–H and O–H groups in total. The molecule has 0 aliphatic heterocycles. The average molecular weight is 360 g/mol. The number of hydrogen-bond donors (Lipinski definition) is 0. The molecule has 0 spiro atoms. The molecule has 0 saturated carbocycles. The standard InChI is InChI=1S/C21H14NO5/c1-25-17-8-4-14(5-9-17)18-10-12-27-21(18)19-11-13-26-20(19)15-2-6-16(7-3-15)22(23)24/h2-12H,1H3. The van der Waals surface area contributed by atoms with E-state index in [1.54, 1.807) is 31.6 Å². The van der Waals surface area contributed by atoms with Crippen molar-refractivity contribution in [3.8, 4) is 39.5 Å². The first kappa shape index (κ1) is 16.7. The van der Waals surface area contributed by atoms with Crippen LogP contribution in [0.15, 0.2) is 75.8 Å². The molecule has 0 bridgehead atoms. The van der Waals surface area contributed by atoms with Gasteiger partial charge in [-0.2, -0.15) is 0 Å². The lowest BCUT2D eigenvalue weighted by molar-refractivity contribution is -0.384. The number of non-ortho nitro benzene ring substituents is 1. The molecule has 4 rings (SSSR count). The third-order valence-electron chi connectivity index (χ3n) is 4.26. The van der Waals surface area contributed by atoms with Crippen LogP contribution in [0.4, 0.5) is 5.69 Å². The molecule has 6 heteroatoms. The normalized spacial score (nSPS) is 10.7. The van der Waals surface area contributed by atoms with Crippen LogP contribution in [0.3, 0.4) is 0 Å². The number of methoxy groups -OCH3 is 1. The summed E-state index contributed by atoms with van der Waals surface area (Å²) in [5.41, 5.74) is 3.31. The highest BCUT2D eigenvalue weighted by Crippen LogP contribution is 2.40. The van der Waals surface area contributed by atoms with E-state index in [1.165, 1.54) is 12.1 Å². The molecular weight excluding hydrogens is 346 g/mol. The molecular formula is C21H14NO5. The van der Waals surface area contributed by atoms with Crippen molar-refractivity contribution in [2.45, 2.75) is 0 Å². The fraction of sp³-hybridized carbons (Fsp3) is 0.0476. The summed E-state index contributed by atoms with van der Waals surface area (Å²) >= 11 is 0. The van der Waals surface area contributed by atoms with Crippen LogP contribution < -0.4 is 4.74 Å². The molecule has 27 heavy (non-hydrogen) atoms. The number of nitro benzene ring substituents is 1. The van der Waals surface area contributed by atoms with Crippen LogP contribution in [0, 0.1) is 16.4 Å². The molecule has 6 nitrogen and oxygen atoms in total. The molecule has 0 aliphatic carbocycles. The lowest BCUT2D eigenvalue weighted by atomic mass is 10.00. The third-order valence-corrected chi connectivity index (χ3v) is 4.26. The van der Waals surface area contributed by atoms with Gasteiger partial charge in [0.25, 0.3) is 5.69 Å². The van der Waals surface area contributed by atoms with Gasteiger partial charge in [0.15, 0.2) is 6.26 Å². The maximum atomic E-state index is 10.9. The summed E-state index contributed by atoms with van der Waals surface area (Å²) in [5, 5.41) is 10.9. The van der Waals surface area contributed by atoms with E-state index < -0.39 is 4.92 Å². The second kappa shape index (κ2) is 6.84. The first-order valence-electron chi connectivity index (χ1n) is 8.14. The molecule has 0 unspecified atom stereocenters. The zero-order valence-corrected chi connectivity index (χ0v) is 14.3.